The van der Waals surface area contributed by atoms with Crippen LogP contribution >= 0.6 is 15.9 Å². The second-order valence-electron chi connectivity index (χ2n) is 5.73. The molecule has 1 aliphatic heterocycles. The van der Waals surface area contributed by atoms with Crippen molar-refractivity contribution in [2.24, 2.45) is 5.10 Å². The summed E-state index contributed by atoms with van der Waals surface area (Å²) >= 11 is 3.41. The molecule has 0 spiro atoms. The molecule has 0 radical (unpaired) electrons. The molecule has 0 N–H and O–H groups in total. The van der Waals surface area contributed by atoms with Gasteiger partial charge in [-0.15, -0.1) is 0 Å². The zero-order valence-corrected chi connectivity index (χ0v) is 15.8. The lowest BCUT2D eigenvalue weighted by Gasteiger charge is -2.21. The van der Waals surface area contributed by atoms with Crippen LogP contribution < -0.4 is 0 Å². The Bertz CT molecular complexity index is 814. The summed E-state index contributed by atoms with van der Waals surface area (Å²) in [7, 11) is -3.47. The van der Waals surface area contributed by atoms with Gasteiger partial charge in [-0.05, 0) is 36.2 Å². The number of furan rings is 1. The number of rotatable bonds is 6. The summed E-state index contributed by atoms with van der Waals surface area (Å²) in [6, 6.07) is 10.9. The molecule has 3 rings (SSSR count). The molecule has 0 fully saturated rings. The second-order valence-corrected chi connectivity index (χ2v) is 8.59. The van der Waals surface area contributed by atoms with Crippen LogP contribution in [0.4, 0.5) is 0 Å². The van der Waals surface area contributed by atoms with Gasteiger partial charge in [0.1, 0.15) is 11.8 Å². The standard InChI is InChI=1S/C17H19BrN2O3S/c1-2-3-11-24(21,22)20-16(17-5-4-10-23-17)12-15(19-20)13-6-8-14(18)9-7-13/h4-10,16H,2-3,11-12H2,1H3/t16-/m0/s1. The van der Waals surface area contributed by atoms with E-state index in [-0.39, 0.29) is 5.75 Å². The third-order valence-corrected chi connectivity index (χ3v) is 6.20. The summed E-state index contributed by atoms with van der Waals surface area (Å²) in [5.41, 5.74) is 1.67. The fraction of sp³-hybridized carbons (Fsp3) is 0.353. The zero-order valence-electron chi connectivity index (χ0n) is 13.4. The van der Waals surface area contributed by atoms with E-state index in [1.165, 1.54) is 4.41 Å². The highest BCUT2D eigenvalue weighted by molar-refractivity contribution is 9.10. The summed E-state index contributed by atoms with van der Waals surface area (Å²) in [4.78, 5) is 0. The first-order chi connectivity index (χ1) is 11.5. The molecule has 0 bridgehead atoms. The first-order valence-corrected chi connectivity index (χ1v) is 10.3. The molecule has 0 unspecified atom stereocenters. The quantitative estimate of drug-likeness (QED) is 0.711. The molecule has 7 heteroatoms. The monoisotopic (exact) mass is 410 g/mol. The van der Waals surface area contributed by atoms with E-state index >= 15 is 0 Å². The predicted octanol–water partition coefficient (Wildman–Crippen LogP) is 4.32. The maximum absolute atomic E-state index is 12.7. The van der Waals surface area contributed by atoms with Crippen LogP contribution in [0.25, 0.3) is 0 Å². The van der Waals surface area contributed by atoms with Gasteiger partial charge >= 0.3 is 0 Å². The highest BCUT2D eigenvalue weighted by atomic mass is 79.9. The molecule has 5 nitrogen and oxygen atoms in total. The van der Waals surface area contributed by atoms with Crippen molar-refractivity contribution in [3.8, 4) is 0 Å². The van der Waals surface area contributed by atoms with Crippen molar-refractivity contribution in [1.29, 1.82) is 0 Å². The second kappa shape index (κ2) is 7.11. The topological polar surface area (TPSA) is 62.9 Å². The highest BCUT2D eigenvalue weighted by Crippen LogP contribution is 2.35. The fourth-order valence-corrected chi connectivity index (χ4v) is 4.57. The number of sulfonamides is 1. The molecule has 2 aromatic rings. The van der Waals surface area contributed by atoms with Gasteiger partial charge in [0.2, 0.25) is 0 Å². The number of unbranched alkanes of at least 4 members (excludes halogenated alkanes) is 1. The first kappa shape index (κ1) is 17.2. The van der Waals surface area contributed by atoms with Crippen molar-refractivity contribution in [1.82, 2.24) is 4.41 Å². The van der Waals surface area contributed by atoms with E-state index in [2.05, 4.69) is 21.0 Å². The van der Waals surface area contributed by atoms with Gasteiger partial charge in [-0.2, -0.15) is 9.52 Å². The number of benzene rings is 1. The van der Waals surface area contributed by atoms with E-state index in [0.717, 1.165) is 22.2 Å². The molecule has 2 heterocycles. The molecule has 128 valence electrons. The Kier molecular flexibility index (Phi) is 5.10. The van der Waals surface area contributed by atoms with Crippen molar-refractivity contribution in [3.63, 3.8) is 0 Å². The lowest BCUT2D eigenvalue weighted by molar-refractivity contribution is 0.320. The molecular formula is C17H19BrN2O3S. The maximum atomic E-state index is 12.7. The largest absolute Gasteiger partial charge is 0.467 e. The molecule has 0 saturated carbocycles. The van der Waals surface area contributed by atoms with Crippen LogP contribution in [-0.4, -0.2) is 24.3 Å². The number of hydrogen-bond donors (Lipinski definition) is 0. The molecular weight excluding hydrogens is 392 g/mol. The number of hydrazone groups is 1. The van der Waals surface area contributed by atoms with Crippen LogP contribution in [0.1, 0.15) is 43.6 Å². The minimum absolute atomic E-state index is 0.0951. The van der Waals surface area contributed by atoms with Crippen LogP contribution in [0.5, 0.6) is 0 Å². The van der Waals surface area contributed by atoms with Gasteiger partial charge in [0.25, 0.3) is 10.0 Å². The van der Waals surface area contributed by atoms with Crippen LogP contribution in [-0.2, 0) is 10.0 Å². The third kappa shape index (κ3) is 3.57. The van der Waals surface area contributed by atoms with Crippen molar-refractivity contribution in [2.45, 2.75) is 32.2 Å². The zero-order chi connectivity index (χ0) is 17.2. The third-order valence-electron chi connectivity index (χ3n) is 3.96. The lowest BCUT2D eigenvalue weighted by atomic mass is 10.0. The van der Waals surface area contributed by atoms with E-state index in [4.69, 9.17) is 4.42 Å². The number of hydrogen-bond acceptors (Lipinski definition) is 4. The molecule has 1 aliphatic rings. The van der Waals surface area contributed by atoms with E-state index in [9.17, 15) is 8.42 Å². The average molecular weight is 411 g/mol. The maximum Gasteiger partial charge on any atom is 0.250 e. The average Bonchev–Trinajstić information content (AvgIpc) is 3.23. The van der Waals surface area contributed by atoms with E-state index in [1.807, 2.05) is 31.2 Å². The van der Waals surface area contributed by atoms with Gasteiger partial charge < -0.3 is 4.42 Å². The van der Waals surface area contributed by atoms with Crippen LogP contribution in [0.3, 0.4) is 0 Å². The smallest absolute Gasteiger partial charge is 0.250 e. The van der Waals surface area contributed by atoms with E-state index in [1.54, 1.807) is 18.4 Å². The van der Waals surface area contributed by atoms with E-state index in [0.29, 0.717) is 18.6 Å². The SMILES string of the molecule is CCCCS(=O)(=O)N1N=C(c2ccc(Br)cc2)C[C@H]1c1ccco1. The Morgan fingerprint density at radius 2 is 2.04 bits per heavy atom. The van der Waals surface area contributed by atoms with Crippen molar-refractivity contribution in [3.05, 3.63) is 58.5 Å². The molecule has 1 atom stereocenters. The van der Waals surface area contributed by atoms with Crippen molar-refractivity contribution >= 4 is 31.7 Å². The summed E-state index contributed by atoms with van der Waals surface area (Å²) < 4.78 is 33.1. The van der Waals surface area contributed by atoms with Crippen LogP contribution in [0.2, 0.25) is 0 Å². The Hall–Kier alpha value is -1.60. The van der Waals surface area contributed by atoms with E-state index < -0.39 is 16.1 Å². The Morgan fingerprint density at radius 1 is 1.29 bits per heavy atom. The fourth-order valence-electron chi connectivity index (χ4n) is 2.68. The normalized spacial score (nSPS) is 18.0. The minimum Gasteiger partial charge on any atom is -0.467 e. The van der Waals surface area contributed by atoms with Crippen LogP contribution in [0, 0.1) is 0 Å². The molecule has 1 aromatic heterocycles. The number of nitrogens with zero attached hydrogens (tertiary/aromatic N) is 2. The summed E-state index contributed by atoms with van der Waals surface area (Å²) in [5.74, 6) is 0.712. The summed E-state index contributed by atoms with van der Waals surface area (Å²) in [5, 5.41) is 4.44. The number of halogens is 1. The predicted molar refractivity (Wildman–Crippen MR) is 97.3 cm³/mol. The molecule has 0 amide bonds. The lowest BCUT2D eigenvalue weighted by Crippen LogP contribution is -2.29. The van der Waals surface area contributed by atoms with Gasteiger partial charge in [0.05, 0.1) is 17.7 Å². The van der Waals surface area contributed by atoms with Gasteiger partial charge in [-0.25, -0.2) is 8.42 Å². The highest BCUT2D eigenvalue weighted by Gasteiger charge is 2.37. The Morgan fingerprint density at radius 3 is 2.67 bits per heavy atom. The summed E-state index contributed by atoms with van der Waals surface area (Å²) in [6.45, 7) is 1.97. The van der Waals surface area contributed by atoms with Gasteiger partial charge in [0, 0.05) is 10.9 Å². The summed E-state index contributed by atoms with van der Waals surface area (Å²) in [6.07, 6.45) is 3.50. The Labute approximate surface area is 150 Å². The van der Waals surface area contributed by atoms with Gasteiger partial charge in [-0.3, -0.25) is 0 Å². The molecule has 24 heavy (non-hydrogen) atoms. The van der Waals surface area contributed by atoms with Gasteiger partial charge in [-0.1, -0.05) is 41.4 Å². The molecule has 0 saturated heterocycles. The Balaban J connectivity index is 1.95. The van der Waals surface area contributed by atoms with Crippen molar-refractivity contribution in [2.75, 3.05) is 5.75 Å². The van der Waals surface area contributed by atoms with Gasteiger partial charge in [0.15, 0.2) is 0 Å². The minimum atomic E-state index is -3.47. The first-order valence-electron chi connectivity index (χ1n) is 7.90. The van der Waals surface area contributed by atoms with Crippen molar-refractivity contribution < 1.29 is 12.8 Å². The van der Waals surface area contributed by atoms with Crippen LogP contribution in [0.15, 0.2) is 56.7 Å². The molecule has 0 aliphatic carbocycles. The molecule has 1 aromatic carbocycles.